The fraction of sp³-hybridized carbons (Fsp3) is 0.409. The second-order valence-electron chi connectivity index (χ2n) is 7.69. The molecule has 0 spiro atoms. The van der Waals surface area contributed by atoms with Gasteiger partial charge in [-0.2, -0.15) is 0 Å². The smallest absolute Gasteiger partial charge is 0.245 e. The van der Waals surface area contributed by atoms with Crippen LogP contribution < -0.4 is 21.7 Å². The third-order valence-corrected chi connectivity index (χ3v) is 5.39. The molecular weight excluding hydrogens is 382 g/mol. The van der Waals surface area contributed by atoms with Crippen molar-refractivity contribution < 1.29 is 14.7 Å². The monoisotopic (exact) mass is 411 g/mol. The highest BCUT2D eigenvalue weighted by atomic mass is 16.3. The molecule has 3 atom stereocenters. The fourth-order valence-electron chi connectivity index (χ4n) is 3.68. The first-order valence-electron chi connectivity index (χ1n) is 10.1. The number of rotatable bonds is 8. The van der Waals surface area contributed by atoms with Crippen molar-refractivity contribution in [2.45, 2.75) is 38.4 Å². The molecule has 8 nitrogen and oxygen atoms in total. The first-order chi connectivity index (χ1) is 14.5. The largest absolute Gasteiger partial charge is 0.394 e. The molecular formula is C22H29N5O3. The molecule has 3 rings (SSSR count). The van der Waals surface area contributed by atoms with Gasteiger partial charge in [0.15, 0.2) is 0 Å². The lowest BCUT2D eigenvalue weighted by Gasteiger charge is -2.19. The molecule has 1 aromatic carbocycles. The Labute approximate surface area is 176 Å². The highest BCUT2D eigenvalue weighted by Gasteiger charge is 2.31. The van der Waals surface area contributed by atoms with Crippen molar-refractivity contribution >= 4 is 17.6 Å². The second kappa shape index (κ2) is 10.2. The molecule has 0 saturated carbocycles. The van der Waals surface area contributed by atoms with E-state index in [9.17, 15) is 14.7 Å². The van der Waals surface area contributed by atoms with Crippen molar-refractivity contribution in [1.82, 2.24) is 20.9 Å². The molecule has 1 aromatic heterocycles. The van der Waals surface area contributed by atoms with Crippen molar-refractivity contribution in [3.05, 3.63) is 59.3 Å². The Morgan fingerprint density at radius 2 is 2.03 bits per heavy atom. The summed E-state index contributed by atoms with van der Waals surface area (Å²) in [6, 6.07) is 12.2. The molecule has 30 heavy (non-hydrogen) atoms. The summed E-state index contributed by atoms with van der Waals surface area (Å²) in [6.07, 6.45) is 1.59. The number of hydrogen-bond donors (Lipinski definition) is 5. The van der Waals surface area contributed by atoms with Gasteiger partial charge >= 0.3 is 0 Å². The lowest BCUT2D eigenvalue weighted by Crippen LogP contribution is -2.53. The summed E-state index contributed by atoms with van der Waals surface area (Å²) in [4.78, 5) is 29.2. The maximum Gasteiger partial charge on any atom is 0.245 e. The topological polar surface area (TPSA) is 129 Å². The highest BCUT2D eigenvalue weighted by Crippen LogP contribution is 2.19. The molecule has 1 fully saturated rings. The van der Waals surface area contributed by atoms with E-state index in [1.165, 1.54) is 5.56 Å². The first kappa shape index (κ1) is 21.7. The molecule has 1 aliphatic heterocycles. The summed E-state index contributed by atoms with van der Waals surface area (Å²) >= 11 is 0. The zero-order valence-corrected chi connectivity index (χ0v) is 17.1. The number of nitrogens with two attached hydrogens (primary N) is 1. The van der Waals surface area contributed by atoms with Crippen molar-refractivity contribution in [3.8, 4) is 0 Å². The number of nitrogens with zero attached hydrogens (tertiary/aromatic N) is 1. The number of aryl methyl sites for hydroxylation is 1. The van der Waals surface area contributed by atoms with Gasteiger partial charge in [-0.1, -0.05) is 36.4 Å². The Morgan fingerprint density at radius 3 is 2.73 bits per heavy atom. The van der Waals surface area contributed by atoms with Crippen LogP contribution in [0.2, 0.25) is 0 Å². The third-order valence-electron chi connectivity index (χ3n) is 5.39. The summed E-state index contributed by atoms with van der Waals surface area (Å²) in [7, 11) is 0. The number of nitrogens with one attached hydrogen (secondary N) is 3. The van der Waals surface area contributed by atoms with E-state index in [1.807, 2.05) is 18.2 Å². The number of nitrogen functional groups attached to an aromatic ring is 1. The minimum Gasteiger partial charge on any atom is -0.394 e. The van der Waals surface area contributed by atoms with Gasteiger partial charge in [0.2, 0.25) is 11.8 Å². The number of carbonyl (C=O) groups excluding carboxylic acids is 2. The van der Waals surface area contributed by atoms with Gasteiger partial charge in [0.25, 0.3) is 0 Å². The maximum atomic E-state index is 12.6. The predicted octanol–water partition coefficient (Wildman–Crippen LogP) is 0.286. The van der Waals surface area contributed by atoms with Crippen LogP contribution in [0.5, 0.6) is 0 Å². The van der Waals surface area contributed by atoms with E-state index < -0.39 is 18.6 Å². The standard InChI is InChI=1S/C22H29N5O3/c1-14-17(7-8-20(23)26-14)12-25-21(29)19(13-28)27-22(30)18-10-16(11-24-18)9-15-5-3-2-4-6-15/h2-8,16,18-19,24,28H,9-13H2,1H3,(H2,23,26)(H,25,29)(H,27,30)/t16-,18+,19?/m0/s1. The molecule has 2 aromatic rings. The number of carbonyl (C=O) groups is 2. The Bertz CT molecular complexity index is 874. The minimum absolute atomic E-state index is 0.241. The number of amides is 2. The van der Waals surface area contributed by atoms with E-state index in [1.54, 1.807) is 19.1 Å². The number of anilines is 1. The van der Waals surface area contributed by atoms with E-state index in [0.717, 1.165) is 24.2 Å². The van der Waals surface area contributed by atoms with Crippen LogP contribution in [0.15, 0.2) is 42.5 Å². The van der Waals surface area contributed by atoms with Crippen LogP contribution in [-0.2, 0) is 22.6 Å². The van der Waals surface area contributed by atoms with Crippen LogP contribution in [0, 0.1) is 12.8 Å². The maximum absolute atomic E-state index is 12.6. The SMILES string of the molecule is Cc1nc(N)ccc1CNC(=O)C(CO)NC(=O)[C@H]1C[C@H](Cc2ccccc2)CN1. The molecule has 0 radical (unpaired) electrons. The number of hydrogen-bond acceptors (Lipinski definition) is 6. The van der Waals surface area contributed by atoms with E-state index in [4.69, 9.17) is 5.73 Å². The lowest BCUT2D eigenvalue weighted by atomic mass is 9.96. The van der Waals surface area contributed by atoms with Crippen LogP contribution in [0.4, 0.5) is 5.82 Å². The van der Waals surface area contributed by atoms with Gasteiger partial charge in [0.05, 0.1) is 12.6 Å². The van der Waals surface area contributed by atoms with E-state index in [-0.39, 0.29) is 18.5 Å². The van der Waals surface area contributed by atoms with Gasteiger partial charge in [0, 0.05) is 12.2 Å². The molecule has 1 unspecified atom stereocenters. The van der Waals surface area contributed by atoms with Gasteiger partial charge in [-0.05, 0) is 49.4 Å². The highest BCUT2D eigenvalue weighted by molar-refractivity contribution is 5.90. The van der Waals surface area contributed by atoms with Crippen LogP contribution >= 0.6 is 0 Å². The average Bonchev–Trinajstić information content (AvgIpc) is 3.20. The summed E-state index contributed by atoms with van der Waals surface area (Å²) in [5.74, 6) is 0.0502. The second-order valence-corrected chi connectivity index (χ2v) is 7.69. The minimum atomic E-state index is -1.01. The summed E-state index contributed by atoms with van der Waals surface area (Å²) in [5, 5.41) is 18.2. The zero-order chi connectivity index (χ0) is 21.5. The molecule has 1 saturated heterocycles. The molecule has 6 N–H and O–H groups in total. The molecule has 8 heteroatoms. The Morgan fingerprint density at radius 1 is 1.27 bits per heavy atom. The molecule has 2 amide bonds. The fourth-order valence-corrected chi connectivity index (χ4v) is 3.68. The molecule has 2 heterocycles. The quantitative estimate of drug-likeness (QED) is 0.425. The van der Waals surface area contributed by atoms with Gasteiger partial charge in [-0.15, -0.1) is 0 Å². The Balaban J connectivity index is 1.48. The van der Waals surface area contributed by atoms with Crippen LogP contribution in [-0.4, -0.2) is 47.1 Å². The average molecular weight is 412 g/mol. The van der Waals surface area contributed by atoms with Crippen molar-refractivity contribution in [2.75, 3.05) is 18.9 Å². The number of aliphatic hydroxyl groups excluding tert-OH is 1. The van der Waals surface area contributed by atoms with Gasteiger partial charge in [-0.3, -0.25) is 9.59 Å². The number of aliphatic hydroxyl groups is 1. The molecule has 0 bridgehead atoms. The van der Waals surface area contributed by atoms with Crippen LogP contribution in [0.1, 0.15) is 23.2 Å². The van der Waals surface area contributed by atoms with Crippen LogP contribution in [0.25, 0.3) is 0 Å². The number of aromatic nitrogens is 1. The summed E-state index contributed by atoms with van der Waals surface area (Å²) in [6.45, 7) is 2.31. The van der Waals surface area contributed by atoms with E-state index in [2.05, 4.69) is 33.1 Å². The van der Waals surface area contributed by atoms with Gasteiger partial charge < -0.3 is 26.8 Å². The summed E-state index contributed by atoms with van der Waals surface area (Å²) in [5.41, 5.74) is 8.42. The molecule has 0 aliphatic carbocycles. The third kappa shape index (κ3) is 5.77. The van der Waals surface area contributed by atoms with E-state index >= 15 is 0 Å². The first-order valence-corrected chi connectivity index (χ1v) is 10.1. The van der Waals surface area contributed by atoms with Gasteiger partial charge in [-0.25, -0.2) is 4.98 Å². The van der Waals surface area contributed by atoms with Crippen molar-refractivity contribution in [3.63, 3.8) is 0 Å². The van der Waals surface area contributed by atoms with Crippen LogP contribution in [0.3, 0.4) is 0 Å². The number of pyridine rings is 1. The molecule has 1 aliphatic rings. The van der Waals surface area contributed by atoms with Gasteiger partial charge in [0.1, 0.15) is 11.9 Å². The predicted molar refractivity (Wildman–Crippen MR) is 114 cm³/mol. The Hall–Kier alpha value is -2.97. The lowest BCUT2D eigenvalue weighted by molar-refractivity contribution is -0.130. The Kier molecular flexibility index (Phi) is 7.37. The number of benzene rings is 1. The van der Waals surface area contributed by atoms with Crippen molar-refractivity contribution in [1.29, 1.82) is 0 Å². The summed E-state index contributed by atoms with van der Waals surface area (Å²) < 4.78 is 0. The van der Waals surface area contributed by atoms with Crippen molar-refractivity contribution in [2.24, 2.45) is 5.92 Å². The van der Waals surface area contributed by atoms with E-state index in [0.29, 0.717) is 18.2 Å². The normalized spacial score (nSPS) is 19.3. The zero-order valence-electron chi connectivity index (χ0n) is 17.1. The molecule has 160 valence electrons.